The summed E-state index contributed by atoms with van der Waals surface area (Å²) in [6.45, 7) is 3.65. The zero-order chi connectivity index (χ0) is 23.1. The number of hydrogen-bond acceptors (Lipinski definition) is 7. The summed E-state index contributed by atoms with van der Waals surface area (Å²) < 4.78 is 0.977. The van der Waals surface area contributed by atoms with Crippen LogP contribution in [-0.2, 0) is 11.3 Å². The van der Waals surface area contributed by atoms with Crippen LogP contribution in [0.25, 0.3) is 21.0 Å². The number of carbonyl (C=O) groups excluding carboxylic acids is 2. The average Bonchev–Trinajstić information content (AvgIpc) is 3.22. The summed E-state index contributed by atoms with van der Waals surface area (Å²) in [6.07, 6.45) is 2.39. The molecule has 0 spiro atoms. The predicted molar refractivity (Wildman–Crippen MR) is 132 cm³/mol. The quantitative estimate of drug-likeness (QED) is 0.445. The first-order chi connectivity index (χ1) is 15.9. The highest BCUT2D eigenvalue weighted by atomic mass is 35.5. The van der Waals surface area contributed by atoms with Crippen LogP contribution in [0, 0.1) is 0 Å². The molecule has 3 heterocycles. The van der Waals surface area contributed by atoms with Gasteiger partial charge in [0.2, 0.25) is 0 Å². The van der Waals surface area contributed by atoms with Gasteiger partial charge in [0.1, 0.15) is 18.4 Å². The van der Waals surface area contributed by atoms with E-state index in [1.807, 2.05) is 49.4 Å². The van der Waals surface area contributed by atoms with E-state index in [4.69, 9.17) is 17.3 Å². The third kappa shape index (κ3) is 4.06. The Bertz CT molecular complexity index is 1370. The molecule has 1 aliphatic rings. The Morgan fingerprint density at radius 1 is 1.21 bits per heavy atom. The number of benzene rings is 2. The Hall–Kier alpha value is -3.07. The number of rotatable bonds is 4. The molecular formula is C24H22ClN5O2S. The summed E-state index contributed by atoms with van der Waals surface area (Å²) in [5, 5.41) is 2.45. The van der Waals surface area contributed by atoms with Gasteiger partial charge < -0.3 is 15.4 Å². The van der Waals surface area contributed by atoms with Crippen LogP contribution in [0.2, 0.25) is 5.02 Å². The van der Waals surface area contributed by atoms with E-state index < -0.39 is 6.04 Å². The Morgan fingerprint density at radius 3 is 2.88 bits per heavy atom. The number of nitrogens with zero attached hydrogens (tertiary/aromatic N) is 4. The summed E-state index contributed by atoms with van der Waals surface area (Å²) in [5.41, 5.74) is 7.73. The van der Waals surface area contributed by atoms with Crippen molar-refractivity contribution in [3.63, 3.8) is 0 Å². The number of piperazine rings is 1. The van der Waals surface area contributed by atoms with Crippen LogP contribution in [0.4, 0.5) is 5.82 Å². The number of nitrogens with two attached hydrogens (primary N) is 1. The lowest BCUT2D eigenvalue weighted by Gasteiger charge is -2.44. The van der Waals surface area contributed by atoms with E-state index in [2.05, 4.69) is 14.9 Å². The van der Waals surface area contributed by atoms with Crippen molar-refractivity contribution in [2.75, 3.05) is 18.8 Å². The minimum atomic E-state index is -0.405. The molecule has 2 aromatic heterocycles. The number of anilines is 1. The molecule has 0 saturated carbocycles. The number of fused-ring (bicyclic) bond motifs is 2. The molecule has 1 unspecified atom stereocenters. The fourth-order valence-electron chi connectivity index (χ4n) is 4.46. The Labute approximate surface area is 199 Å². The normalized spacial score (nSPS) is 19.3. The summed E-state index contributed by atoms with van der Waals surface area (Å²) in [6, 6.07) is 12.7. The first kappa shape index (κ1) is 21.8. The number of amides is 1. The van der Waals surface area contributed by atoms with Gasteiger partial charge in [0.25, 0.3) is 5.91 Å². The molecule has 1 aliphatic heterocycles. The van der Waals surface area contributed by atoms with Crippen LogP contribution in [0.3, 0.4) is 0 Å². The van der Waals surface area contributed by atoms with Crippen LogP contribution in [0.5, 0.6) is 0 Å². The lowest BCUT2D eigenvalue weighted by molar-refractivity contribution is -0.116. The summed E-state index contributed by atoms with van der Waals surface area (Å²) in [7, 11) is 0. The summed E-state index contributed by atoms with van der Waals surface area (Å²) >= 11 is 7.52. The van der Waals surface area contributed by atoms with Crippen molar-refractivity contribution >= 4 is 61.9 Å². The highest BCUT2D eigenvalue weighted by Gasteiger charge is 2.36. The zero-order valence-electron chi connectivity index (χ0n) is 17.9. The number of aldehydes is 1. The number of hydrogen-bond donors (Lipinski definition) is 1. The third-order valence-corrected chi connectivity index (χ3v) is 7.57. The number of thiophene rings is 1. The molecule has 2 N–H and O–H groups in total. The van der Waals surface area contributed by atoms with E-state index >= 15 is 0 Å². The van der Waals surface area contributed by atoms with Crippen molar-refractivity contribution in [2.45, 2.75) is 25.6 Å². The molecule has 33 heavy (non-hydrogen) atoms. The van der Waals surface area contributed by atoms with Crippen LogP contribution >= 0.6 is 22.9 Å². The van der Waals surface area contributed by atoms with Crippen LogP contribution in [-0.4, -0.2) is 57.1 Å². The molecular weight excluding hydrogens is 458 g/mol. The standard InChI is InChI=1S/C24H22ClN5O2S/c1-14-20(12-31)29(11-15-2-5-18-19(8-15)27-13-28-23(18)26)6-7-30(14)24(32)22-9-16-3-4-17(25)10-21(16)33-22/h2-5,8-10,12-14,20H,6-7,11H2,1H3,(H2,26,27,28)/t14-,20?/m0/s1. The van der Waals surface area contributed by atoms with E-state index in [9.17, 15) is 9.59 Å². The zero-order valence-corrected chi connectivity index (χ0v) is 19.5. The number of halogens is 1. The second-order valence-electron chi connectivity index (χ2n) is 8.24. The van der Waals surface area contributed by atoms with E-state index in [1.54, 1.807) is 4.90 Å². The van der Waals surface area contributed by atoms with Crippen molar-refractivity contribution in [3.05, 3.63) is 64.3 Å². The molecule has 9 heteroatoms. The highest BCUT2D eigenvalue weighted by Crippen LogP contribution is 2.31. The van der Waals surface area contributed by atoms with Crippen LogP contribution < -0.4 is 5.73 Å². The van der Waals surface area contributed by atoms with Gasteiger partial charge in [-0.05, 0) is 48.2 Å². The van der Waals surface area contributed by atoms with Gasteiger partial charge in [0.15, 0.2) is 0 Å². The Kier molecular flexibility index (Phi) is 5.74. The van der Waals surface area contributed by atoms with E-state index in [-0.39, 0.29) is 11.9 Å². The maximum absolute atomic E-state index is 13.3. The molecule has 0 bridgehead atoms. The summed E-state index contributed by atoms with van der Waals surface area (Å²) in [4.78, 5) is 38.3. The lowest BCUT2D eigenvalue weighted by Crippen LogP contribution is -2.60. The number of nitrogen functional groups attached to an aromatic ring is 1. The van der Waals surface area contributed by atoms with Gasteiger partial charge in [-0.15, -0.1) is 11.3 Å². The van der Waals surface area contributed by atoms with Crippen molar-refractivity contribution in [2.24, 2.45) is 0 Å². The predicted octanol–water partition coefficient (Wildman–Crippen LogP) is 3.99. The van der Waals surface area contributed by atoms with E-state index in [0.29, 0.717) is 35.4 Å². The van der Waals surface area contributed by atoms with Crippen molar-refractivity contribution < 1.29 is 9.59 Å². The fraction of sp³-hybridized carbons (Fsp3) is 0.250. The van der Waals surface area contributed by atoms with Gasteiger partial charge in [0, 0.05) is 34.7 Å². The van der Waals surface area contributed by atoms with Gasteiger partial charge in [-0.1, -0.05) is 23.7 Å². The van der Waals surface area contributed by atoms with Gasteiger partial charge in [0.05, 0.1) is 22.5 Å². The van der Waals surface area contributed by atoms with Crippen LogP contribution in [0.15, 0.2) is 48.8 Å². The Morgan fingerprint density at radius 2 is 2.06 bits per heavy atom. The van der Waals surface area contributed by atoms with Gasteiger partial charge >= 0.3 is 0 Å². The highest BCUT2D eigenvalue weighted by molar-refractivity contribution is 7.20. The molecule has 1 fully saturated rings. The van der Waals surface area contributed by atoms with E-state index in [1.165, 1.54) is 17.7 Å². The molecule has 4 aromatic rings. The first-order valence-corrected chi connectivity index (χ1v) is 11.8. The maximum atomic E-state index is 13.3. The second-order valence-corrected chi connectivity index (χ2v) is 9.76. The molecule has 168 valence electrons. The molecule has 0 aliphatic carbocycles. The van der Waals surface area contributed by atoms with Gasteiger partial charge in [-0.25, -0.2) is 9.97 Å². The molecule has 7 nitrogen and oxygen atoms in total. The van der Waals surface area contributed by atoms with Crippen LogP contribution in [0.1, 0.15) is 22.2 Å². The lowest BCUT2D eigenvalue weighted by atomic mass is 10.0. The minimum absolute atomic E-state index is 0.0517. The average molecular weight is 480 g/mol. The fourth-order valence-corrected chi connectivity index (χ4v) is 5.75. The molecule has 2 atom stereocenters. The molecule has 5 rings (SSSR count). The summed E-state index contributed by atoms with van der Waals surface area (Å²) in [5.74, 6) is 0.394. The topological polar surface area (TPSA) is 92.4 Å². The largest absolute Gasteiger partial charge is 0.383 e. The number of aromatic nitrogens is 2. The van der Waals surface area contributed by atoms with Crippen molar-refractivity contribution in [1.29, 1.82) is 0 Å². The maximum Gasteiger partial charge on any atom is 0.264 e. The molecule has 1 amide bonds. The minimum Gasteiger partial charge on any atom is -0.383 e. The SMILES string of the molecule is C[C@H]1C(C=O)N(Cc2ccc3c(N)ncnc3c2)CCN1C(=O)c1cc2ccc(Cl)cc2s1. The van der Waals surface area contributed by atoms with E-state index in [0.717, 1.165) is 32.8 Å². The van der Waals surface area contributed by atoms with Gasteiger partial charge in [-0.3, -0.25) is 9.69 Å². The third-order valence-electron chi connectivity index (χ3n) is 6.25. The Balaban J connectivity index is 1.35. The van der Waals surface area contributed by atoms with Crippen molar-refractivity contribution in [1.82, 2.24) is 19.8 Å². The number of carbonyl (C=O) groups is 2. The first-order valence-electron chi connectivity index (χ1n) is 10.6. The molecule has 1 saturated heterocycles. The monoisotopic (exact) mass is 479 g/mol. The van der Waals surface area contributed by atoms with Gasteiger partial charge in [-0.2, -0.15) is 0 Å². The second kappa shape index (κ2) is 8.70. The molecule has 2 aromatic carbocycles. The smallest absolute Gasteiger partial charge is 0.264 e. The van der Waals surface area contributed by atoms with Crippen molar-refractivity contribution in [3.8, 4) is 0 Å². The molecule has 0 radical (unpaired) electrons.